The number of pyridine rings is 1. The molecule has 1 unspecified atom stereocenters. The second-order valence-corrected chi connectivity index (χ2v) is 14.4. The van der Waals surface area contributed by atoms with E-state index in [0.717, 1.165) is 43.6 Å². The monoisotopic (exact) mass is 763 g/mol. The lowest BCUT2D eigenvalue weighted by molar-refractivity contribution is -0.0336. The highest BCUT2D eigenvalue weighted by molar-refractivity contribution is 5.91. The molecule has 3 saturated heterocycles. The van der Waals surface area contributed by atoms with Gasteiger partial charge < -0.3 is 44.6 Å². The highest BCUT2D eigenvalue weighted by atomic mass is 16.6. The van der Waals surface area contributed by atoms with Crippen LogP contribution in [0, 0.1) is 5.92 Å². The van der Waals surface area contributed by atoms with E-state index >= 15 is 0 Å². The minimum absolute atomic E-state index is 0.0617. The van der Waals surface area contributed by atoms with Crippen molar-refractivity contribution >= 4 is 22.9 Å². The van der Waals surface area contributed by atoms with Crippen molar-refractivity contribution in [2.45, 2.75) is 51.0 Å². The van der Waals surface area contributed by atoms with Gasteiger partial charge >= 0.3 is 6.09 Å². The quantitative estimate of drug-likeness (QED) is 0.0811. The van der Waals surface area contributed by atoms with E-state index in [9.17, 15) is 24.6 Å². The van der Waals surface area contributed by atoms with Crippen LogP contribution in [0.5, 0.6) is 11.5 Å². The molecule has 2 aromatic heterocycles. The molecule has 13 heteroatoms. The lowest BCUT2D eigenvalue weighted by atomic mass is 9.86. The lowest BCUT2D eigenvalue weighted by Gasteiger charge is -2.43. The van der Waals surface area contributed by atoms with E-state index in [2.05, 4.69) is 20.5 Å². The summed E-state index contributed by atoms with van der Waals surface area (Å²) in [6.07, 6.45) is 1.34. The Balaban J connectivity index is 0.901. The van der Waals surface area contributed by atoms with Gasteiger partial charge in [-0.3, -0.25) is 14.5 Å². The number of benzene rings is 3. The molecule has 5 N–H and O–H groups in total. The van der Waals surface area contributed by atoms with Crippen LogP contribution in [0.15, 0.2) is 100 Å². The number of H-pyrrole nitrogens is 1. The summed E-state index contributed by atoms with van der Waals surface area (Å²) in [6.45, 7) is 6.70. The van der Waals surface area contributed by atoms with Gasteiger partial charge in [0.2, 0.25) is 5.56 Å². The standard InChI is InChI=1S/C43H49N5O8/c1-2-48(21-7-20-44-25-36(50)33-13-15-35(49)41-34(33)14-17-39(51)45-41)42(52)37-16-12-32(55-37)27-54-31-11-6-10-30(24-31)40(29-8-4-3-5-9-29)46-43(53)56-38-26-47-22-18-28(38)19-23-47/h3-6,8-17,24,28,36,38,40,44,49-50H,2,7,18-23,25-27H2,1H3,(H,45,51)(H,46,53)/t36-,38+,40?/m1/s1. The first-order valence-electron chi connectivity index (χ1n) is 19.3. The van der Waals surface area contributed by atoms with Crippen LogP contribution in [0.2, 0.25) is 0 Å². The molecule has 0 saturated carbocycles. The number of phenols is 1. The molecule has 3 aliphatic heterocycles. The third kappa shape index (κ3) is 9.24. The zero-order valence-corrected chi connectivity index (χ0v) is 31.5. The molecule has 3 atom stereocenters. The number of nitrogens with one attached hydrogen (secondary N) is 3. The van der Waals surface area contributed by atoms with Crippen molar-refractivity contribution in [1.29, 1.82) is 0 Å². The van der Waals surface area contributed by atoms with E-state index in [1.165, 1.54) is 12.1 Å². The highest BCUT2D eigenvalue weighted by Crippen LogP contribution is 2.31. The van der Waals surface area contributed by atoms with Crippen molar-refractivity contribution < 1.29 is 33.7 Å². The van der Waals surface area contributed by atoms with Crippen molar-refractivity contribution in [3.05, 3.63) is 130 Å². The first-order valence-corrected chi connectivity index (χ1v) is 19.3. The number of hydrogen-bond donors (Lipinski definition) is 5. The average Bonchev–Trinajstić information content (AvgIpc) is 3.71. The van der Waals surface area contributed by atoms with Gasteiger partial charge in [0.05, 0.1) is 17.7 Å². The van der Waals surface area contributed by atoms with Crippen LogP contribution in [0.1, 0.15) is 71.3 Å². The number of aromatic hydroxyl groups is 1. The molecule has 294 valence electrons. The molecule has 13 nitrogen and oxygen atoms in total. The molecule has 0 aliphatic carbocycles. The van der Waals surface area contributed by atoms with Crippen LogP contribution in [0.4, 0.5) is 4.79 Å². The Hall–Kier alpha value is -5.63. The first-order chi connectivity index (χ1) is 27.2. The van der Waals surface area contributed by atoms with Crippen LogP contribution in [-0.4, -0.2) is 88.9 Å². The van der Waals surface area contributed by atoms with Gasteiger partial charge in [0.25, 0.3) is 5.91 Å². The second-order valence-electron chi connectivity index (χ2n) is 14.4. The summed E-state index contributed by atoms with van der Waals surface area (Å²) in [5.41, 5.74) is 2.29. The zero-order chi connectivity index (χ0) is 39.0. The maximum Gasteiger partial charge on any atom is 0.408 e. The maximum atomic E-state index is 13.3. The van der Waals surface area contributed by atoms with Gasteiger partial charge in [-0.2, -0.15) is 0 Å². The van der Waals surface area contributed by atoms with Gasteiger partial charge in [-0.15, -0.1) is 0 Å². The van der Waals surface area contributed by atoms with Gasteiger partial charge in [0, 0.05) is 37.6 Å². The Morgan fingerprint density at radius 3 is 2.57 bits per heavy atom. The number of phenolic OH excluding ortho intramolecular Hbond substituents is 1. The molecule has 5 aromatic rings. The van der Waals surface area contributed by atoms with Crippen LogP contribution in [-0.2, 0) is 11.3 Å². The molecular formula is C43H49N5O8. The summed E-state index contributed by atoms with van der Waals surface area (Å²) >= 11 is 0. The number of rotatable bonds is 16. The molecule has 3 aromatic carbocycles. The fraction of sp³-hybridized carbons (Fsp3) is 0.372. The smallest absolute Gasteiger partial charge is 0.408 e. The number of carbonyl (C=O) groups is 2. The number of nitrogens with zero attached hydrogens (tertiary/aromatic N) is 2. The van der Waals surface area contributed by atoms with Gasteiger partial charge in [-0.05, 0) is 105 Å². The number of fused-ring (bicyclic) bond motifs is 4. The Morgan fingerprint density at radius 2 is 1.80 bits per heavy atom. The predicted molar refractivity (Wildman–Crippen MR) is 211 cm³/mol. The van der Waals surface area contributed by atoms with E-state index in [1.807, 2.05) is 61.5 Å². The van der Waals surface area contributed by atoms with Crippen molar-refractivity contribution in [3.63, 3.8) is 0 Å². The van der Waals surface area contributed by atoms with Crippen molar-refractivity contribution in [1.82, 2.24) is 25.4 Å². The second kappa shape index (κ2) is 17.9. The van der Waals surface area contributed by atoms with Gasteiger partial charge in [0.1, 0.15) is 30.0 Å². The van der Waals surface area contributed by atoms with E-state index in [0.29, 0.717) is 54.4 Å². The maximum absolute atomic E-state index is 13.3. The summed E-state index contributed by atoms with van der Waals surface area (Å²) in [6, 6.07) is 26.3. The summed E-state index contributed by atoms with van der Waals surface area (Å²) in [4.78, 5) is 45.0. The predicted octanol–water partition coefficient (Wildman–Crippen LogP) is 5.49. The number of aliphatic hydroxyl groups is 1. The van der Waals surface area contributed by atoms with Crippen molar-refractivity contribution in [2.75, 3.05) is 45.8 Å². The average molecular weight is 764 g/mol. The first kappa shape index (κ1) is 38.6. The molecule has 56 heavy (non-hydrogen) atoms. The third-order valence-corrected chi connectivity index (χ3v) is 10.7. The lowest BCUT2D eigenvalue weighted by Crippen LogP contribution is -2.52. The minimum Gasteiger partial charge on any atom is -0.506 e. The number of piperidine rings is 3. The number of amides is 2. The molecule has 2 amide bonds. The number of carbonyl (C=O) groups excluding carboxylic acids is 2. The number of aliphatic hydroxyl groups excluding tert-OH is 1. The van der Waals surface area contributed by atoms with Gasteiger partial charge in [-0.1, -0.05) is 48.5 Å². The fourth-order valence-electron chi connectivity index (χ4n) is 7.70. The molecule has 0 radical (unpaired) electrons. The number of alkyl carbamates (subject to hydrolysis) is 1. The number of ether oxygens (including phenoxy) is 2. The molecular weight excluding hydrogens is 714 g/mol. The molecule has 2 bridgehead atoms. The summed E-state index contributed by atoms with van der Waals surface area (Å²) in [5, 5.41) is 27.9. The van der Waals surface area contributed by atoms with E-state index in [4.69, 9.17) is 13.9 Å². The molecule has 8 rings (SSSR count). The van der Waals surface area contributed by atoms with Gasteiger partial charge in [-0.25, -0.2) is 4.79 Å². The largest absolute Gasteiger partial charge is 0.506 e. The molecule has 3 aliphatic rings. The van der Waals surface area contributed by atoms with E-state index in [1.54, 1.807) is 29.2 Å². The van der Waals surface area contributed by atoms with Crippen LogP contribution >= 0.6 is 0 Å². The zero-order valence-electron chi connectivity index (χ0n) is 31.5. The number of aromatic amines is 1. The Morgan fingerprint density at radius 1 is 1.00 bits per heavy atom. The molecule has 5 heterocycles. The Bertz CT molecular complexity index is 2160. The van der Waals surface area contributed by atoms with Crippen molar-refractivity contribution in [3.8, 4) is 11.5 Å². The van der Waals surface area contributed by atoms with Gasteiger partial charge in [0.15, 0.2) is 5.76 Å². The third-order valence-electron chi connectivity index (χ3n) is 10.7. The summed E-state index contributed by atoms with van der Waals surface area (Å²) in [5.74, 6) is 1.41. The van der Waals surface area contributed by atoms with Crippen molar-refractivity contribution in [2.24, 2.45) is 5.92 Å². The Labute approximate surface area is 325 Å². The van der Waals surface area contributed by atoms with E-state index < -0.39 is 18.2 Å². The van der Waals surface area contributed by atoms with Crippen LogP contribution < -0.4 is 20.9 Å². The Kier molecular flexibility index (Phi) is 12.3. The number of aromatic nitrogens is 1. The van der Waals surface area contributed by atoms with E-state index in [-0.39, 0.29) is 47.7 Å². The summed E-state index contributed by atoms with van der Waals surface area (Å²) < 4.78 is 18.0. The fourth-order valence-corrected chi connectivity index (χ4v) is 7.70. The number of hydrogen-bond acceptors (Lipinski definition) is 10. The normalized spacial score (nSPS) is 18.6. The topological polar surface area (TPSA) is 170 Å². The number of furan rings is 1. The summed E-state index contributed by atoms with van der Waals surface area (Å²) in [7, 11) is 0. The van der Waals surface area contributed by atoms with Crippen LogP contribution in [0.25, 0.3) is 10.9 Å². The van der Waals surface area contributed by atoms with Crippen LogP contribution in [0.3, 0.4) is 0 Å². The minimum atomic E-state index is -0.871. The highest BCUT2D eigenvalue weighted by Gasteiger charge is 2.37. The molecule has 0 spiro atoms. The molecule has 3 fully saturated rings. The SMILES string of the molecule is CCN(CCCNC[C@@H](O)c1ccc(O)c2[nH]c(=O)ccc12)C(=O)c1ccc(COc2cccc(C(NC(=O)O[C@H]3CN4CCC3CC4)c3ccccc3)c2)o1.